The number of fused-ring (bicyclic) bond motifs is 4. The molecule has 3 aromatic carbocycles. The summed E-state index contributed by atoms with van der Waals surface area (Å²) in [6, 6.07) is 28.1. The number of nitrogens with zero attached hydrogens (tertiary/aromatic N) is 3. The molecule has 4 nitrogen and oxygen atoms in total. The van der Waals surface area contributed by atoms with Crippen molar-refractivity contribution in [2.45, 2.75) is 31.0 Å². The Morgan fingerprint density at radius 2 is 1.45 bits per heavy atom. The van der Waals surface area contributed by atoms with Crippen LogP contribution in [0.3, 0.4) is 0 Å². The molecule has 0 N–H and O–H groups in total. The summed E-state index contributed by atoms with van der Waals surface area (Å²) in [5, 5.41) is 7.48. The predicted molar refractivity (Wildman–Crippen MR) is 124 cm³/mol. The Hall–Kier alpha value is -3.11. The second kappa shape index (κ2) is 7.24. The standard InChI is InChI=1S/C27H27N3O/c1-29-17-15-27(16-18-29)30-25(23-9-5-6-10-26(23)31-27)19-24(28-30)22-13-11-21(12-14-22)20-7-3-2-4-8-20/h2-14,25H,15-19H2,1H3/t25-/m0/s1. The first kappa shape index (κ1) is 18.6. The third-order valence-corrected chi connectivity index (χ3v) is 7.00. The highest BCUT2D eigenvalue weighted by atomic mass is 16.5. The highest BCUT2D eigenvalue weighted by molar-refractivity contribution is 6.02. The van der Waals surface area contributed by atoms with Crippen molar-refractivity contribution in [1.29, 1.82) is 0 Å². The largest absolute Gasteiger partial charge is 0.466 e. The van der Waals surface area contributed by atoms with Gasteiger partial charge in [0.15, 0.2) is 0 Å². The Labute approximate surface area is 183 Å². The highest BCUT2D eigenvalue weighted by Crippen LogP contribution is 2.49. The minimum Gasteiger partial charge on any atom is -0.466 e. The fourth-order valence-corrected chi connectivity index (χ4v) is 5.19. The van der Waals surface area contributed by atoms with Crippen molar-refractivity contribution < 1.29 is 4.74 Å². The number of hydrogen-bond acceptors (Lipinski definition) is 4. The van der Waals surface area contributed by atoms with E-state index >= 15 is 0 Å². The van der Waals surface area contributed by atoms with Gasteiger partial charge in [0, 0.05) is 37.9 Å². The van der Waals surface area contributed by atoms with Crippen LogP contribution < -0.4 is 4.74 Å². The second-order valence-electron chi connectivity index (χ2n) is 8.94. The van der Waals surface area contributed by atoms with Gasteiger partial charge in [-0.3, -0.25) is 0 Å². The van der Waals surface area contributed by atoms with E-state index in [4.69, 9.17) is 9.84 Å². The van der Waals surface area contributed by atoms with Gasteiger partial charge in [-0.25, -0.2) is 5.01 Å². The Bertz CT molecular complexity index is 1110. The van der Waals surface area contributed by atoms with Gasteiger partial charge in [0.1, 0.15) is 5.75 Å². The zero-order valence-corrected chi connectivity index (χ0v) is 17.9. The summed E-state index contributed by atoms with van der Waals surface area (Å²) in [5.41, 5.74) is 5.76. The smallest absolute Gasteiger partial charge is 0.200 e. The molecule has 3 aliphatic heterocycles. The average molecular weight is 410 g/mol. The second-order valence-corrected chi connectivity index (χ2v) is 8.94. The molecule has 0 radical (unpaired) electrons. The summed E-state index contributed by atoms with van der Waals surface area (Å²) >= 11 is 0. The van der Waals surface area contributed by atoms with Crippen molar-refractivity contribution in [2.75, 3.05) is 20.1 Å². The van der Waals surface area contributed by atoms with Crippen molar-refractivity contribution in [3.63, 3.8) is 0 Å². The molecule has 1 saturated heterocycles. The molecule has 0 unspecified atom stereocenters. The molecule has 3 aliphatic rings. The van der Waals surface area contributed by atoms with Crippen LogP contribution in [0.25, 0.3) is 11.1 Å². The lowest BCUT2D eigenvalue weighted by Crippen LogP contribution is -2.58. The van der Waals surface area contributed by atoms with Gasteiger partial charge in [-0.05, 0) is 29.8 Å². The van der Waals surface area contributed by atoms with Crippen molar-refractivity contribution >= 4 is 5.71 Å². The maximum absolute atomic E-state index is 6.68. The van der Waals surface area contributed by atoms with Crippen LogP contribution in [-0.4, -0.2) is 41.5 Å². The summed E-state index contributed by atoms with van der Waals surface area (Å²) in [7, 11) is 2.19. The van der Waals surface area contributed by atoms with E-state index in [0.29, 0.717) is 0 Å². The van der Waals surface area contributed by atoms with Crippen LogP contribution in [0.1, 0.15) is 36.4 Å². The van der Waals surface area contributed by atoms with Crippen molar-refractivity contribution in [2.24, 2.45) is 5.10 Å². The molecular weight excluding hydrogens is 382 g/mol. The minimum absolute atomic E-state index is 0.247. The number of rotatable bonds is 2. The molecule has 6 rings (SSSR count). The molecule has 0 saturated carbocycles. The number of piperidine rings is 1. The number of para-hydroxylation sites is 1. The Morgan fingerprint density at radius 3 is 2.23 bits per heavy atom. The van der Waals surface area contributed by atoms with Crippen LogP contribution >= 0.6 is 0 Å². The first-order valence-electron chi connectivity index (χ1n) is 11.2. The van der Waals surface area contributed by atoms with Crippen molar-refractivity contribution in [3.8, 4) is 16.9 Å². The fraction of sp³-hybridized carbons (Fsp3) is 0.296. The third-order valence-electron chi connectivity index (χ3n) is 7.00. The van der Waals surface area contributed by atoms with Crippen molar-refractivity contribution in [1.82, 2.24) is 9.91 Å². The zero-order chi connectivity index (χ0) is 20.8. The lowest BCUT2D eigenvalue weighted by molar-refractivity contribution is -0.147. The van der Waals surface area contributed by atoms with Gasteiger partial charge in [0.25, 0.3) is 0 Å². The summed E-state index contributed by atoms with van der Waals surface area (Å²) in [6.07, 6.45) is 2.86. The van der Waals surface area contributed by atoms with Gasteiger partial charge in [-0.2, -0.15) is 5.10 Å². The highest BCUT2D eigenvalue weighted by Gasteiger charge is 2.51. The molecule has 1 spiro atoms. The lowest BCUT2D eigenvalue weighted by Gasteiger charge is -2.50. The normalized spacial score (nSPS) is 21.9. The Kier molecular flexibility index (Phi) is 4.35. The van der Waals surface area contributed by atoms with Gasteiger partial charge in [0.2, 0.25) is 5.72 Å². The zero-order valence-electron chi connectivity index (χ0n) is 17.9. The van der Waals surface area contributed by atoms with E-state index in [-0.39, 0.29) is 11.8 Å². The quantitative estimate of drug-likeness (QED) is 0.573. The first-order valence-corrected chi connectivity index (χ1v) is 11.2. The maximum atomic E-state index is 6.68. The van der Waals surface area contributed by atoms with Gasteiger partial charge >= 0.3 is 0 Å². The van der Waals surface area contributed by atoms with Gasteiger partial charge in [-0.15, -0.1) is 0 Å². The number of ether oxygens (including phenoxy) is 1. The molecule has 156 valence electrons. The van der Waals surface area contributed by atoms with Crippen LogP contribution in [0.4, 0.5) is 0 Å². The molecule has 0 bridgehead atoms. The van der Waals surface area contributed by atoms with Crippen LogP contribution in [-0.2, 0) is 0 Å². The fourth-order valence-electron chi connectivity index (χ4n) is 5.19. The molecule has 0 aromatic heterocycles. The van der Waals surface area contributed by atoms with E-state index in [1.54, 1.807) is 0 Å². The number of hydrazone groups is 1. The molecule has 31 heavy (non-hydrogen) atoms. The van der Waals surface area contributed by atoms with E-state index in [9.17, 15) is 0 Å². The van der Waals surface area contributed by atoms with Crippen LogP contribution in [0.15, 0.2) is 84.0 Å². The Morgan fingerprint density at radius 1 is 0.806 bits per heavy atom. The summed E-state index contributed by atoms with van der Waals surface area (Å²) in [6.45, 7) is 2.06. The first-order chi connectivity index (χ1) is 15.2. The molecule has 3 heterocycles. The lowest BCUT2D eigenvalue weighted by atomic mass is 9.90. The van der Waals surface area contributed by atoms with Crippen LogP contribution in [0.5, 0.6) is 5.75 Å². The topological polar surface area (TPSA) is 28.1 Å². The van der Waals surface area contributed by atoms with E-state index in [0.717, 1.165) is 43.8 Å². The van der Waals surface area contributed by atoms with Gasteiger partial charge in [0.05, 0.1) is 11.8 Å². The monoisotopic (exact) mass is 409 g/mol. The number of benzene rings is 3. The number of likely N-dealkylation sites (tertiary alicyclic amines) is 1. The van der Waals surface area contributed by atoms with Gasteiger partial charge < -0.3 is 9.64 Å². The van der Waals surface area contributed by atoms with E-state index in [2.05, 4.69) is 95.8 Å². The molecule has 0 amide bonds. The molecule has 3 aromatic rings. The molecule has 1 fully saturated rings. The Balaban J connectivity index is 1.35. The third kappa shape index (κ3) is 3.14. The average Bonchev–Trinajstić information content (AvgIpc) is 3.29. The maximum Gasteiger partial charge on any atom is 0.200 e. The summed E-state index contributed by atoms with van der Waals surface area (Å²) < 4.78 is 6.68. The molecule has 4 heteroatoms. The van der Waals surface area contributed by atoms with E-state index in [1.807, 2.05) is 0 Å². The molecule has 0 aliphatic carbocycles. The van der Waals surface area contributed by atoms with E-state index < -0.39 is 0 Å². The SMILES string of the molecule is CN1CCC2(CC1)Oc1ccccc1[C@@H]1CC(c3ccc(-c4ccccc4)cc3)=NN12. The summed E-state index contributed by atoms with van der Waals surface area (Å²) in [5.74, 6) is 1.03. The van der Waals surface area contributed by atoms with Crippen LogP contribution in [0, 0.1) is 0 Å². The summed E-state index contributed by atoms with van der Waals surface area (Å²) in [4.78, 5) is 2.38. The van der Waals surface area contributed by atoms with E-state index in [1.165, 1.54) is 22.3 Å². The predicted octanol–water partition coefficient (Wildman–Crippen LogP) is 5.32. The van der Waals surface area contributed by atoms with Crippen LogP contribution in [0.2, 0.25) is 0 Å². The minimum atomic E-state index is -0.336. The molecule has 1 atom stereocenters. The molecular formula is C27H27N3O. The van der Waals surface area contributed by atoms with Crippen molar-refractivity contribution in [3.05, 3.63) is 90.0 Å². The van der Waals surface area contributed by atoms with Gasteiger partial charge in [-0.1, -0.05) is 72.8 Å². The number of hydrogen-bond donors (Lipinski definition) is 0.